The van der Waals surface area contributed by atoms with Crippen LogP contribution in [0.5, 0.6) is 0 Å². The van der Waals surface area contributed by atoms with E-state index in [1.807, 2.05) is 0 Å². The lowest BCUT2D eigenvalue weighted by atomic mass is 10.1. The fourth-order valence-corrected chi connectivity index (χ4v) is 1.42. The maximum Gasteiger partial charge on any atom is 0.231 e. The van der Waals surface area contributed by atoms with E-state index in [4.69, 9.17) is 17.3 Å². The van der Waals surface area contributed by atoms with Crippen molar-refractivity contribution >= 4 is 23.3 Å². The van der Waals surface area contributed by atoms with Crippen molar-refractivity contribution in [2.75, 3.05) is 20.1 Å². The molecule has 0 aliphatic carbocycles. The topological polar surface area (TPSA) is 63.4 Å². The first-order chi connectivity index (χ1) is 7.49. The van der Waals surface area contributed by atoms with Gasteiger partial charge in [0, 0.05) is 10.6 Å². The van der Waals surface area contributed by atoms with Gasteiger partial charge in [0.25, 0.3) is 0 Å². The summed E-state index contributed by atoms with van der Waals surface area (Å²) in [4.78, 5) is 23.9. The van der Waals surface area contributed by atoms with Crippen molar-refractivity contribution in [3.63, 3.8) is 0 Å². The summed E-state index contributed by atoms with van der Waals surface area (Å²) in [5, 5.41) is 0.585. The number of carbonyl (C=O) groups excluding carboxylic acids is 2. The molecular formula is C11H13ClN2O2. The molecule has 1 rings (SSSR count). The molecular weight excluding hydrogens is 228 g/mol. The lowest BCUT2D eigenvalue weighted by Gasteiger charge is -2.13. The highest BCUT2D eigenvalue weighted by Crippen LogP contribution is 2.10. The van der Waals surface area contributed by atoms with Gasteiger partial charge in [0.05, 0.1) is 13.1 Å². The highest BCUT2D eigenvalue weighted by Gasteiger charge is 2.10. The van der Waals surface area contributed by atoms with Crippen LogP contribution in [0.1, 0.15) is 10.4 Å². The fraction of sp³-hybridized carbons (Fsp3) is 0.273. The summed E-state index contributed by atoms with van der Waals surface area (Å²) < 4.78 is 0. The van der Waals surface area contributed by atoms with Gasteiger partial charge in [0.1, 0.15) is 0 Å². The maximum absolute atomic E-state index is 11.7. The predicted octanol–water partition coefficient (Wildman–Crippen LogP) is 0.940. The smallest absolute Gasteiger partial charge is 0.231 e. The van der Waals surface area contributed by atoms with Crippen LogP contribution in [-0.4, -0.2) is 36.7 Å². The molecule has 0 bridgehead atoms. The third-order valence-corrected chi connectivity index (χ3v) is 2.26. The summed E-state index contributed by atoms with van der Waals surface area (Å²) in [7, 11) is 1.67. The Bertz CT molecular complexity index is 389. The number of nitrogens with two attached hydrogens (primary N) is 1. The number of likely N-dealkylation sites (N-methyl/N-ethyl adjacent to an activating group) is 1. The molecule has 2 N–H and O–H groups in total. The van der Waals surface area contributed by atoms with Crippen LogP contribution in [0.15, 0.2) is 24.3 Å². The average Bonchev–Trinajstić information content (AvgIpc) is 2.16. The molecule has 0 aliphatic rings. The van der Waals surface area contributed by atoms with E-state index in [0.717, 1.165) is 0 Å². The molecule has 0 fully saturated rings. The summed E-state index contributed by atoms with van der Waals surface area (Å²) in [5.74, 6) is -0.521. The maximum atomic E-state index is 11.7. The molecule has 0 aliphatic heterocycles. The molecule has 16 heavy (non-hydrogen) atoms. The minimum absolute atomic E-state index is 0.0688. The van der Waals surface area contributed by atoms with Crippen molar-refractivity contribution < 1.29 is 9.59 Å². The second kappa shape index (κ2) is 5.63. The Hall–Kier alpha value is -1.39. The molecule has 1 aromatic carbocycles. The number of benzene rings is 1. The lowest BCUT2D eigenvalue weighted by Crippen LogP contribution is -2.34. The Morgan fingerprint density at radius 1 is 1.25 bits per heavy atom. The van der Waals surface area contributed by atoms with Gasteiger partial charge in [-0.25, -0.2) is 0 Å². The van der Waals surface area contributed by atoms with Crippen LogP contribution in [0, 0.1) is 0 Å². The van der Waals surface area contributed by atoms with Gasteiger partial charge in [0.2, 0.25) is 5.91 Å². The number of carbonyl (C=O) groups is 2. The van der Waals surface area contributed by atoms with Crippen LogP contribution in [0.4, 0.5) is 0 Å². The monoisotopic (exact) mass is 240 g/mol. The Morgan fingerprint density at radius 3 is 2.31 bits per heavy atom. The Kier molecular flexibility index (Phi) is 4.46. The van der Waals surface area contributed by atoms with Crippen molar-refractivity contribution in [1.82, 2.24) is 4.90 Å². The van der Waals surface area contributed by atoms with Crippen LogP contribution in [-0.2, 0) is 4.79 Å². The molecule has 4 nitrogen and oxygen atoms in total. The van der Waals surface area contributed by atoms with Gasteiger partial charge in [-0.1, -0.05) is 11.6 Å². The lowest BCUT2D eigenvalue weighted by molar-refractivity contribution is -0.118. The van der Waals surface area contributed by atoms with Crippen LogP contribution < -0.4 is 5.73 Å². The molecule has 1 aromatic rings. The number of halogens is 1. The zero-order valence-corrected chi connectivity index (χ0v) is 9.70. The van der Waals surface area contributed by atoms with Gasteiger partial charge in [-0.05, 0) is 31.3 Å². The average molecular weight is 241 g/mol. The van der Waals surface area contributed by atoms with E-state index in [9.17, 15) is 9.59 Å². The second-order valence-corrected chi connectivity index (χ2v) is 4.01. The summed E-state index contributed by atoms with van der Waals surface area (Å²) >= 11 is 5.71. The van der Waals surface area contributed by atoms with E-state index < -0.39 is 5.91 Å². The number of rotatable bonds is 5. The van der Waals surface area contributed by atoms with Crippen LogP contribution >= 0.6 is 11.6 Å². The van der Waals surface area contributed by atoms with Crippen molar-refractivity contribution in [2.45, 2.75) is 0 Å². The van der Waals surface area contributed by atoms with Crippen molar-refractivity contribution in [1.29, 1.82) is 0 Å². The number of amides is 1. The molecule has 1 amide bonds. The number of ketones is 1. The van der Waals surface area contributed by atoms with Crippen molar-refractivity contribution in [3.8, 4) is 0 Å². The highest BCUT2D eigenvalue weighted by molar-refractivity contribution is 6.30. The molecule has 0 radical (unpaired) electrons. The largest absolute Gasteiger partial charge is 0.369 e. The summed E-state index contributed by atoms with van der Waals surface area (Å²) in [6.07, 6.45) is 0. The molecule has 0 saturated carbocycles. The number of primary amides is 1. The van der Waals surface area contributed by atoms with Crippen LogP contribution in [0.3, 0.4) is 0 Å². The van der Waals surface area contributed by atoms with E-state index in [1.165, 1.54) is 0 Å². The van der Waals surface area contributed by atoms with E-state index in [-0.39, 0.29) is 18.9 Å². The number of hydrogen-bond donors (Lipinski definition) is 1. The fourth-order valence-electron chi connectivity index (χ4n) is 1.29. The Labute approximate surface area is 99.0 Å². The first-order valence-corrected chi connectivity index (χ1v) is 5.12. The molecule has 0 heterocycles. The van der Waals surface area contributed by atoms with Crippen LogP contribution in [0.2, 0.25) is 5.02 Å². The van der Waals surface area contributed by atoms with E-state index in [1.54, 1.807) is 36.2 Å². The van der Waals surface area contributed by atoms with Gasteiger partial charge in [-0.2, -0.15) is 0 Å². The van der Waals surface area contributed by atoms with E-state index >= 15 is 0 Å². The third kappa shape index (κ3) is 4.00. The number of Topliss-reactive ketones (excluding diaryl/α,β-unsaturated/α-hetero) is 1. The molecule has 86 valence electrons. The van der Waals surface area contributed by atoms with Crippen LogP contribution in [0.25, 0.3) is 0 Å². The number of nitrogens with zero attached hydrogens (tertiary/aromatic N) is 1. The van der Waals surface area contributed by atoms with Gasteiger partial charge in [0.15, 0.2) is 5.78 Å². The van der Waals surface area contributed by atoms with E-state index in [0.29, 0.717) is 10.6 Å². The standard InChI is InChI=1S/C11H13ClN2O2/c1-14(7-11(13)16)6-10(15)8-2-4-9(12)5-3-8/h2-5H,6-7H2,1H3,(H2,13,16). The second-order valence-electron chi connectivity index (χ2n) is 3.57. The molecule has 0 atom stereocenters. The minimum atomic E-state index is -0.452. The zero-order chi connectivity index (χ0) is 12.1. The van der Waals surface area contributed by atoms with Gasteiger partial charge >= 0.3 is 0 Å². The molecule has 0 unspecified atom stereocenters. The first kappa shape index (κ1) is 12.7. The van der Waals surface area contributed by atoms with E-state index in [2.05, 4.69) is 0 Å². The quantitative estimate of drug-likeness (QED) is 0.779. The highest BCUT2D eigenvalue weighted by atomic mass is 35.5. The molecule has 0 saturated heterocycles. The molecule has 0 aromatic heterocycles. The van der Waals surface area contributed by atoms with Crippen molar-refractivity contribution in [2.24, 2.45) is 5.73 Å². The zero-order valence-electron chi connectivity index (χ0n) is 8.94. The summed E-state index contributed by atoms with van der Waals surface area (Å²) in [6, 6.07) is 6.62. The van der Waals surface area contributed by atoms with Crippen molar-refractivity contribution in [3.05, 3.63) is 34.9 Å². The Balaban J connectivity index is 2.58. The van der Waals surface area contributed by atoms with Gasteiger partial charge in [-0.15, -0.1) is 0 Å². The summed E-state index contributed by atoms with van der Waals surface area (Å²) in [6.45, 7) is 0.226. The minimum Gasteiger partial charge on any atom is -0.369 e. The molecule has 0 spiro atoms. The van der Waals surface area contributed by atoms with Gasteiger partial charge in [-0.3, -0.25) is 14.5 Å². The summed E-state index contributed by atoms with van der Waals surface area (Å²) in [5.41, 5.74) is 5.59. The number of hydrogen-bond acceptors (Lipinski definition) is 3. The third-order valence-electron chi connectivity index (χ3n) is 2.01. The predicted molar refractivity (Wildman–Crippen MR) is 62.5 cm³/mol. The molecule has 5 heteroatoms. The Morgan fingerprint density at radius 2 is 1.81 bits per heavy atom. The SMILES string of the molecule is CN(CC(N)=O)CC(=O)c1ccc(Cl)cc1. The van der Waals surface area contributed by atoms with Gasteiger partial charge < -0.3 is 5.73 Å². The first-order valence-electron chi connectivity index (χ1n) is 4.74. The normalized spacial score (nSPS) is 10.4.